The number of carbonyl (C=O) groups excluding carboxylic acids is 2. The lowest BCUT2D eigenvalue weighted by molar-refractivity contribution is -0.119. The van der Waals surface area contributed by atoms with Gasteiger partial charge in [-0.2, -0.15) is 0 Å². The van der Waals surface area contributed by atoms with Crippen molar-refractivity contribution in [1.82, 2.24) is 10.2 Å². The highest BCUT2D eigenvalue weighted by atomic mass is 16.5. The SMILES string of the molecule is CCc1ccc(NC(=O)COC(=O)c2ccc(N3CCCC3)nn2)cc1. The van der Waals surface area contributed by atoms with Crippen LogP contribution in [0.5, 0.6) is 0 Å². The van der Waals surface area contributed by atoms with Gasteiger partial charge in [0.1, 0.15) is 0 Å². The molecule has 0 atom stereocenters. The summed E-state index contributed by atoms with van der Waals surface area (Å²) in [5, 5.41) is 10.7. The van der Waals surface area contributed by atoms with Gasteiger partial charge in [-0.3, -0.25) is 4.79 Å². The number of benzene rings is 1. The lowest BCUT2D eigenvalue weighted by atomic mass is 10.1. The van der Waals surface area contributed by atoms with Crippen LogP contribution in [-0.4, -0.2) is 41.8 Å². The van der Waals surface area contributed by atoms with Crippen LogP contribution in [0.4, 0.5) is 11.5 Å². The van der Waals surface area contributed by atoms with E-state index in [1.54, 1.807) is 12.1 Å². The Kier molecular flexibility index (Phi) is 5.78. The third-order valence-corrected chi connectivity index (χ3v) is 4.27. The fraction of sp³-hybridized carbons (Fsp3) is 0.368. The number of carbonyl (C=O) groups is 2. The third kappa shape index (κ3) is 4.56. The Bertz CT molecular complexity index is 753. The van der Waals surface area contributed by atoms with Gasteiger partial charge in [-0.05, 0) is 49.1 Å². The van der Waals surface area contributed by atoms with Crippen LogP contribution < -0.4 is 10.2 Å². The summed E-state index contributed by atoms with van der Waals surface area (Å²) >= 11 is 0. The second kappa shape index (κ2) is 8.42. The summed E-state index contributed by atoms with van der Waals surface area (Å²) in [6, 6.07) is 10.9. The van der Waals surface area contributed by atoms with E-state index < -0.39 is 11.9 Å². The highest BCUT2D eigenvalue weighted by molar-refractivity contribution is 5.94. The zero-order valence-electron chi connectivity index (χ0n) is 14.8. The minimum absolute atomic E-state index is 0.0908. The van der Waals surface area contributed by atoms with Crippen molar-refractivity contribution in [2.75, 3.05) is 29.9 Å². The van der Waals surface area contributed by atoms with E-state index in [4.69, 9.17) is 4.74 Å². The Morgan fingerprint density at radius 3 is 2.42 bits per heavy atom. The van der Waals surface area contributed by atoms with Gasteiger partial charge in [0.05, 0.1) is 0 Å². The van der Waals surface area contributed by atoms with Crippen LogP contribution >= 0.6 is 0 Å². The predicted octanol–water partition coefficient (Wildman–Crippen LogP) is 2.43. The van der Waals surface area contributed by atoms with E-state index in [-0.39, 0.29) is 12.3 Å². The van der Waals surface area contributed by atoms with E-state index >= 15 is 0 Å². The maximum atomic E-state index is 12.0. The maximum absolute atomic E-state index is 12.0. The molecule has 1 aromatic carbocycles. The minimum Gasteiger partial charge on any atom is -0.451 e. The standard InChI is InChI=1S/C19H22N4O3/c1-2-14-5-7-15(8-6-14)20-18(24)13-26-19(25)16-9-10-17(22-21-16)23-11-3-4-12-23/h5-10H,2-4,11-13H2,1H3,(H,20,24). The van der Waals surface area contributed by atoms with Crippen LogP contribution in [0.2, 0.25) is 0 Å². The first kappa shape index (κ1) is 17.8. The van der Waals surface area contributed by atoms with Gasteiger partial charge in [0.2, 0.25) is 0 Å². The molecule has 2 heterocycles. The van der Waals surface area contributed by atoms with Gasteiger partial charge in [-0.25, -0.2) is 4.79 Å². The van der Waals surface area contributed by atoms with Crippen molar-refractivity contribution in [2.24, 2.45) is 0 Å². The molecule has 0 saturated carbocycles. The second-order valence-corrected chi connectivity index (χ2v) is 6.15. The number of aryl methyl sites for hydroxylation is 1. The van der Waals surface area contributed by atoms with E-state index in [9.17, 15) is 9.59 Å². The van der Waals surface area contributed by atoms with Crippen molar-refractivity contribution in [3.8, 4) is 0 Å². The Hall–Kier alpha value is -2.96. The highest BCUT2D eigenvalue weighted by Gasteiger charge is 2.16. The first-order valence-corrected chi connectivity index (χ1v) is 8.80. The number of hydrogen-bond acceptors (Lipinski definition) is 6. The maximum Gasteiger partial charge on any atom is 0.359 e. The lowest BCUT2D eigenvalue weighted by Gasteiger charge is -2.15. The number of rotatable bonds is 6. The molecule has 7 heteroatoms. The lowest BCUT2D eigenvalue weighted by Crippen LogP contribution is -2.22. The Morgan fingerprint density at radius 2 is 1.81 bits per heavy atom. The average molecular weight is 354 g/mol. The molecule has 0 unspecified atom stereocenters. The number of nitrogens with one attached hydrogen (secondary N) is 1. The Labute approximate surface area is 152 Å². The van der Waals surface area contributed by atoms with E-state index in [0.29, 0.717) is 5.69 Å². The predicted molar refractivity (Wildman–Crippen MR) is 98.2 cm³/mol. The van der Waals surface area contributed by atoms with E-state index in [0.717, 1.165) is 38.2 Å². The van der Waals surface area contributed by atoms with E-state index in [1.807, 2.05) is 24.3 Å². The van der Waals surface area contributed by atoms with Crippen LogP contribution in [0.15, 0.2) is 36.4 Å². The molecule has 1 fully saturated rings. The fourth-order valence-electron chi connectivity index (χ4n) is 2.77. The van der Waals surface area contributed by atoms with Gasteiger partial charge in [-0.1, -0.05) is 19.1 Å². The molecule has 3 rings (SSSR count). The molecule has 1 amide bonds. The molecule has 0 aliphatic carbocycles. The molecule has 1 N–H and O–H groups in total. The smallest absolute Gasteiger partial charge is 0.359 e. The molecule has 1 aliphatic rings. The zero-order chi connectivity index (χ0) is 18.4. The van der Waals surface area contributed by atoms with Crippen molar-refractivity contribution < 1.29 is 14.3 Å². The number of anilines is 2. The van der Waals surface area contributed by atoms with Crippen molar-refractivity contribution >= 4 is 23.4 Å². The Morgan fingerprint density at radius 1 is 1.08 bits per heavy atom. The molecule has 2 aromatic rings. The quantitative estimate of drug-likeness (QED) is 0.802. The van der Waals surface area contributed by atoms with Crippen LogP contribution in [0.3, 0.4) is 0 Å². The van der Waals surface area contributed by atoms with Gasteiger partial charge in [0, 0.05) is 18.8 Å². The molecule has 1 aromatic heterocycles. The highest BCUT2D eigenvalue weighted by Crippen LogP contribution is 2.16. The number of esters is 1. The summed E-state index contributed by atoms with van der Waals surface area (Å²) in [6.45, 7) is 3.60. The molecule has 1 saturated heterocycles. The van der Waals surface area contributed by atoms with Crippen molar-refractivity contribution in [3.05, 3.63) is 47.7 Å². The molecule has 1 aliphatic heterocycles. The minimum atomic E-state index is -0.665. The van der Waals surface area contributed by atoms with E-state index in [1.165, 1.54) is 5.56 Å². The van der Waals surface area contributed by atoms with E-state index in [2.05, 4.69) is 27.3 Å². The summed E-state index contributed by atoms with van der Waals surface area (Å²) in [5.74, 6) is -0.307. The number of amides is 1. The molecule has 0 radical (unpaired) electrons. The monoisotopic (exact) mass is 354 g/mol. The normalized spacial score (nSPS) is 13.5. The van der Waals surface area contributed by atoms with Gasteiger partial charge in [0.15, 0.2) is 18.1 Å². The van der Waals surface area contributed by atoms with Crippen LogP contribution in [0, 0.1) is 0 Å². The van der Waals surface area contributed by atoms with Gasteiger partial charge in [0.25, 0.3) is 5.91 Å². The third-order valence-electron chi connectivity index (χ3n) is 4.27. The summed E-state index contributed by atoms with van der Waals surface area (Å²) in [4.78, 5) is 26.0. The average Bonchev–Trinajstić information content (AvgIpc) is 3.21. The fourth-order valence-corrected chi connectivity index (χ4v) is 2.77. The molecule has 0 spiro atoms. The summed E-state index contributed by atoms with van der Waals surface area (Å²) in [7, 11) is 0. The van der Waals surface area contributed by atoms with Crippen LogP contribution in [-0.2, 0) is 16.0 Å². The summed E-state index contributed by atoms with van der Waals surface area (Å²) in [6.07, 6.45) is 3.22. The topological polar surface area (TPSA) is 84.4 Å². The summed E-state index contributed by atoms with van der Waals surface area (Å²) in [5.41, 5.74) is 1.94. The first-order chi connectivity index (χ1) is 12.7. The Balaban J connectivity index is 1.48. The van der Waals surface area contributed by atoms with Gasteiger partial charge < -0.3 is 15.0 Å². The van der Waals surface area contributed by atoms with Crippen molar-refractivity contribution in [3.63, 3.8) is 0 Å². The van der Waals surface area contributed by atoms with Crippen molar-refractivity contribution in [1.29, 1.82) is 0 Å². The number of ether oxygens (including phenoxy) is 1. The zero-order valence-corrected chi connectivity index (χ0v) is 14.8. The summed E-state index contributed by atoms with van der Waals surface area (Å²) < 4.78 is 5.01. The molecule has 26 heavy (non-hydrogen) atoms. The molecule has 136 valence electrons. The molecular formula is C19H22N4O3. The number of aromatic nitrogens is 2. The number of hydrogen-bond donors (Lipinski definition) is 1. The van der Waals surface area contributed by atoms with Crippen molar-refractivity contribution in [2.45, 2.75) is 26.2 Å². The second-order valence-electron chi connectivity index (χ2n) is 6.15. The molecular weight excluding hydrogens is 332 g/mol. The largest absolute Gasteiger partial charge is 0.451 e. The van der Waals surface area contributed by atoms with Gasteiger partial charge in [-0.15, -0.1) is 10.2 Å². The number of nitrogens with zero attached hydrogens (tertiary/aromatic N) is 3. The van der Waals surface area contributed by atoms with Gasteiger partial charge >= 0.3 is 5.97 Å². The first-order valence-electron chi connectivity index (χ1n) is 8.80. The van der Waals surface area contributed by atoms with Crippen LogP contribution in [0.1, 0.15) is 35.8 Å². The molecule has 0 bridgehead atoms. The molecule has 7 nitrogen and oxygen atoms in total. The van der Waals surface area contributed by atoms with Crippen LogP contribution in [0.25, 0.3) is 0 Å².